The third kappa shape index (κ3) is 6.64. The van der Waals surface area contributed by atoms with Crippen molar-refractivity contribution >= 4 is 5.78 Å². The lowest BCUT2D eigenvalue weighted by molar-refractivity contribution is -0.110. The molecule has 0 spiro atoms. The average Bonchev–Trinajstić information content (AvgIpc) is 2.42. The summed E-state index contributed by atoms with van der Waals surface area (Å²) in [6, 6.07) is 0. The molecule has 0 bridgehead atoms. The van der Waals surface area contributed by atoms with Crippen molar-refractivity contribution in [3.63, 3.8) is 0 Å². The van der Waals surface area contributed by atoms with Gasteiger partial charge in [0.1, 0.15) is 0 Å². The van der Waals surface area contributed by atoms with Crippen molar-refractivity contribution in [1.82, 2.24) is 0 Å². The number of hydrogen-bond acceptors (Lipinski definition) is 1. The van der Waals surface area contributed by atoms with Gasteiger partial charge in [-0.05, 0) is 38.0 Å². The molecule has 0 N–H and O–H groups in total. The van der Waals surface area contributed by atoms with Gasteiger partial charge in [0, 0.05) is 12.0 Å². The van der Waals surface area contributed by atoms with Crippen LogP contribution in [0.15, 0.2) is 11.6 Å². The Hall–Kier alpha value is -1.03. The molecule has 0 saturated heterocycles. The zero-order valence-corrected chi connectivity index (χ0v) is 11.8. The summed E-state index contributed by atoms with van der Waals surface area (Å²) >= 11 is 0. The van der Waals surface area contributed by atoms with Crippen LogP contribution in [0.2, 0.25) is 0 Å². The van der Waals surface area contributed by atoms with Crippen LogP contribution in [0.5, 0.6) is 0 Å². The SMILES string of the molecule is CCCCCCCCC#CC(=O)C1=CCCCC1. The van der Waals surface area contributed by atoms with Gasteiger partial charge >= 0.3 is 0 Å². The fourth-order valence-corrected chi connectivity index (χ4v) is 2.26. The van der Waals surface area contributed by atoms with E-state index in [1.807, 2.05) is 0 Å². The van der Waals surface area contributed by atoms with Gasteiger partial charge in [0.05, 0.1) is 0 Å². The molecule has 0 heterocycles. The number of allylic oxidation sites excluding steroid dienone is 2. The van der Waals surface area contributed by atoms with Crippen LogP contribution >= 0.6 is 0 Å². The Balaban J connectivity index is 2.09. The van der Waals surface area contributed by atoms with Crippen molar-refractivity contribution in [1.29, 1.82) is 0 Å². The molecule has 100 valence electrons. The standard InChI is InChI=1S/C17H26O/c1-2-3-4-5-6-7-8-12-15-17(18)16-13-10-9-11-14-16/h13H,2-11,14H2,1H3. The van der Waals surface area contributed by atoms with E-state index in [0.29, 0.717) is 0 Å². The van der Waals surface area contributed by atoms with E-state index in [9.17, 15) is 4.79 Å². The molecule has 1 nitrogen and oxygen atoms in total. The molecular weight excluding hydrogens is 220 g/mol. The molecule has 0 aliphatic heterocycles. The van der Waals surface area contributed by atoms with Crippen molar-refractivity contribution in [2.24, 2.45) is 0 Å². The van der Waals surface area contributed by atoms with E-state index >= 15 is 0 Å². The highest BCUT2D eigenvalue weighted by molar-refractivity contribution is 6.08. The minimum absolute atomic E-state index is 0.0701. The van der Waals surface area contributed by atoms with Crippen LogP contribution in [0.4, 0.5) is 0 Å². The first-order valence-corrected chi connectivity index (χ1v) is 7.57. The van der Waals surface area contributed by atoms with Gasteiger partial charge < -0.3 is 0 Å². The predicted molar refractivity (Wildman–Crippen MR) is 77.3 cm³/mol. The third-order valence-corrected chi connectivity index (χ3v) is 3.44. The monoisotopic (exact) mass is 246 g/mol. The molecule has 1 aliphatic carbocycles. The molecule has 0 atom stereocenters. The van der Waals surface area contributed by atoms with E-state index in [-0.39, 0.29) is 5.78 Å². The topological polar surface area (TPSA) is 17.1 Å². The molecule has 0 saturated carbocycles. The van der Waals surface area contributed by atoms with Crippen molar-refractivity contribution in [3.8, 4) is 11.8 Å². The van der Waals surface area contributed by atoms with E-state index in [1.54, 1.807) is 0 Å². The lowest BCUT2D eigenvalue weighted by Crippen LogP contribution is -2.02. The quantitative estimate of drug-likeness (QED) is 0.358. The highest BCUT2D eigenvalue weighted by Gasteiger charge is 2.09. The Morgan fingerprint density at radius 1 is 1.17 bits per heavy atom. The largest absolute Gasteiger partial charge is 0.280 e. The van der Waals surface area contributed by atoms with Gasteiger partial charge in [-0.1, -0.05) is 51.0 Å². The Kier molecular flexibility index (Phi) is 8.30. The molecule has 0 fully saturated rings. The summed E-state index contributed by atoms with van der Waals surface area (Å²) in [6.45, 7) is 2.23. The maximum absolute atomic E-state index is 11.7. The second kappa shape index (κ2) is 9.95. The highest BCUT2D eigenvalue weighted by Crippen LogP contribution is 2.17. The van der Waals surface area contributed by atoms with Crippen molar-refractivity contribution in [2.45, 2.75) is 77.6 Å². The zero-order chi connectivity index (χ0) is 13.1. The highest BCUT2D eigenvalue weighted by atomic mass is 16.1. The van der Waals surface area contributed by atoms with Gasteiger partial charge in [-0.25, -0.2) is 0 Å². The Bertz CT molecular complexity index is 327. The van der Waals surface area contributed by atoms with Crippen LogP contribution in [0.3, 0.4) is 0 Å². The summed E-state index contributed by atoms with van der Waals surface area (Å²) in [7, 11) is 0. The average molecular weight is 246 g/mol. The maximum Gasteiger partial charge on any atom is 0.231 e. The van der Waals surface area contributed by atoms with Crippen molar-refractivity contribution in [3.05, 3.63) is 11.6 Å². The van der Waals surface area contributed by atoms with Gasteiger partial charge in [-0.3, -0.25) is 4.79 Å². The fourth-order valence-electron chi connectivity index (χ4n) is 2.26. The first-order valence-electron chi connectivity index (χ1n) is 7.57. The van der Waals surface area contributed by atoms with Gasteiger partial charge in [0.2, 0.25) is 5.78 Å². The Labute approximate surface area is 112 Å². The van der Waals surface area contributed by atoms with E-state index in [0.717, 1.165) is 37.7 Å². The first-order chi connectivity index (χ1) is 8.84. The molecule has 18 heavy (non-hydrogen) atoms. The van der Waals surface area contributed by atoms with Gasteiger partial charge in [0.15, 0.2) is 0 Å². The van der Waals surface area contributed by atoms with E-state index in [2.05, 4.69) is 24.8 Å². The molecule has 0 aromatic heterocycles. The second-order valence-electron chi connectivity index (χ2n) is 5.12. The minimum Gasteiger partial charge on any atom is -0.280 e. The summed E-state index contributed by atoms with van der Waals surface area (Å²) in [5.74, 6) is 5.90. The summed E-state index contributed by atoms with van der Waals surface area (Å²) in [6.07, 6.45) is 15.0. The molecule has 0 aromatic carbocycles. The van der Waals surface area contributed by atoms with Crippen LogP contribution in [-0.4, -0.2) is 5.78 Å². The summed E-state index contributed by atoms with van der Waals surface area (Å²) < 4.78 is 0. The Morgan fingerprint density at radius 2 is 1.94 bits per heavy atom. The van der Waals surface area contributed by atoms with Crippen LogP contribution < -0.4 is 0 Å². The molecule has 0 radical (unpaired) electrons. The lowest BCUT2D eigenvalue weighted by atomic mass is 9.96. The minimum atomic E-state index is 0.0701. The molecule has 0 unspecified atom stereocenters. The van der Waals surface area contributed by atoms with Crippen LogP contribution in [0.25, 0.3) is 0 Å². The molecule has 1 rings (SSSR count). The number of carbonyl (C=O) groups excluding carboxylic acids is 1. The first kappa shape index (κ1) is 15.0. The second-order valence-corrected chi connectivity index (χ2v) is 5.12. The number of Topliss-reactive ketones (excluding diaryl/α,β-unsaturated/α-hetero) is 1. The molecule has 0 aromatic rings. The fraction of sp³-hybridized carbons (Fsp3) is 0.706. The maximum atomic E-state index is 11.7. The molecule has 1 heteroatoms. The number of unbranched alkanes of at least 4 members (excludes halogenated alkanes) is 6. The Morgan fingerprint density at radius 3 is 2.67 bits per heavy atom. The third-order valence-electron chi connectivity index (χ3n) is 3.44. The number of hydrogen-bond donors (Lipinski definition) is 0. The summed E-state index contributed by atoms with van der Waals surface area (Å²) in [5.41, 5.74) is 0.955. The number of ketones is 1. The molecule has 0 amide bonds. The number of carbonyl (C=O) groups is 1. The number of rotatable bonds is 7. The van der Waals surface area contributed by atoms with Crippen molar-refractivity contribution < 1.29 is 4.79 Å². The van der Waals surface area contributed by atoms with E-state index in [1.165, 1.54) is 38.5 Å². The van der Waals surface area contributed by atoms with E-state index in [4.69, 9.17) is 0 Å². The molecule has 1 aliphatic rings. The predicted octanol–water partition coefficient (Wildman–Crippen LogP) is 4.81. The van der Waals surface area contributed by atoms with Gasteiger partial charge in [0.25, 0.3) is 0 Å². The lowest BCUT2D eigenvalue weighted by Gasteiger charge is -2.07. The zero-order valence-electron chi connectivity index (χ0n) is 11.8. The summed E-state index contributed by atoms with van der Waals surface area (Å²) in [5, 5.41) is 0. The van der Waals surface area contributed by atoms with Crippen molar-refractivity contribution in [2.75, 3.05) is 0 Å². The molecular formula is C17H26O. The van der Waals surface area contributed by atoms with E-state index < -0.39 is 0 Å². The smallest absolute Gasteiger partial charge is 0.231 e. The van der Waals surface area contributed by atoms with Gasteiger partial charge in [-0.2, -0.15) is 0 Å². The normalized spacial score (nSPS) is 14.6. The van der Waals surface area contributed by atoms with Gasteiger partial charge in [-0.15, -0.1) is 0 Å². The van der Waals surface area contributed by atoms with Crippen LogP contribution in [-0.2, 0) is 4.79 Å². The summed E-state index contributed by atoms with van der Waals surface area (Å²) in [4.78, 5) is 11.7. The van der Waals surface area contributed by atoms with Crippen LogP contribution in [0.1, 0.15) is 77.6 Å². The van der Waals surface area contributed by atoms with Crippen LogP contribution in [0, 0.1) is 11.8 Å².